The molecule has 3 heteroatoms. The van der Waals surface area contributed by atoms with Gasteiger partial charge >= 0.3 is 0 Å². The Bertz CT molecular complexity index is 438. The van der Waals surface area contributed by atoms with E-state index in [2.05, 4.69) is 4.90 Å². The van der Waals surface area contributed by atoms with Crippen LogP contribution in [0.2, 0.25) is 0 Å². The highest BCUT2D eigenvalue weighted by atomic mass is 19.1. The van der Waals surface area contributed by atoms with Gasteiger partial charge < -0.3 is 4.90 Å². The monoisotopic (exact) mass is 218 g/mol. The number of fused-ring (bicyclic) bond motifs is 1. The Balaban J connectivity index is 1.80. The van der Waals surface area contributed by atoms with E-state index in [0.29, 0.717) is 5.84 Å². The lowest BCUT2D eigenvalue weighted by atomic mass is 9.85. The molecule has 2 aliphatic rings. The van der Waals surface area contributed by atoms with Gasteiger partial charge in [0.05, 0.1) is 0 Å². The molecule has 16 heavy (non-hydrogen) atoms. The molecule has 0 radical (unpaired) electrons. The first-order chi connectivity index (χ1) is 7.74. The molecule has 84 valence electrons. The van der Waals surface area contributed by atoms with E-state index in [1.165, 1.54) is 31.4 Å². The molecule has 0 unspecified atom stereocenters. The van der Waals surface area contributed by atoms with Gasteiger partial charge in [0.25, 0.3) is 0 Å². The van der Waals surface area contributed by atoms with Gasteiger partial charge in [-0.05, 0) is 36.5 Å². The summed E-state index contributed by atoms with van der Waals surface area (Å²) in [5, 5.41) is 8.04. The van der Waals surface area contributed by atoms with Gasteiger partial charge in [-0.3, -0.25) is 5.41 Å². The molecule has 0 bridgehead atoms. The van der Waals surface area contributed by atoms with Crippen molar-refractivity contribution in [2.75, 3.05) is 6.54 Å². The normalized spacial score (nSPS) is 19.8. The van der Waals surface area contributed by atoms with Gasteiger partial charge in [-0.1, -0.05) is 12.5 Å². The van der Waals surface area contributed by atoms with Crippen molar-refractivity contribution in [2.24, 2.45) is 5.92 Å². The topological polar surface area (TPSA) is 27.1 Å². The minimum atomic E-state index is -0.242. The summed E-state index contributed by atoms with van der Waals surface area (Å²) >= 11 is 0. The maximum absolute atomic E-state index is 13.1. The lowest BCUT2D eigenvalue weighted by molar-refractivity contribution is 0.240. The third-order valence-corrected chi connectivity index (χ3v) is 3.71. The number of amidine groups is 1. The Morgan fingerprint density at radius 1 is 1.38 bits per heavy atom. The SMILES string of the molecule is N=C1c2cc(F)ccc2CN1CC1CCC1. The van der Waals surface area contributed by atoms with Crippen molar-refractivity contribution in [1.82, 2.24) is 4.90 Å². The van der Waals surface area contributed by atoms with Crippen molar-refractivity contribution in [3.05, 3.63) is 35.1 Å². The lowest BCUT2D eigenvalue weighted by Crippen LogP contribution is -2.32. The Labute approximate surface area is 94.6 Å². The van der Waals surface area contributed by atoms with Crippen molar-refractivity contribution in [2.45, 2.75) is 25.8 Å². The summed E-state index contributed by atoms with van der Waals surface area (Å²) in [5.74, 6) is 1.01. The van der Waals surface area contributed by atoms with Crippen LogP contribution in [0.15, 0.2) is 18.2 Å². The fourth-order valence-electron chi connectivity index (χ4n) is 2.50. The molecule has 0 atom stereocenters. The molecule has 3 rings (SSSR count). The first-order valence-corrected chi connectivity index (χ1v) is 5.86. The molecule has 1 aromatic carbocycles. The number of halogens is 1. The first-order valence-electron chi connectivity index (χ1n) is 5.86. The minimum Gasteiger partial charge on any atom is -0.352 e. The fourth-order valence-corrected chi connectivity index (χ4v) is 2.50. The number of nitrogens with zero attached hydrogens (tertiary/aromatic N) is 1. The molecule has 1 fully saturated rings. The van der Waals surface area contributed by atoms with Crippen LogP contribution in [0.5, 0.6) is 0 Å². The lowest BCUT2D eigenvalue weighted by Gasteiger charge is -2.30. The number of rotatable bonds is 2. The molecule has 1 saturated carbocycles. The first kappa shape index (κ1) is 9.82. The van der Waals surface area contributed by atoms with E-state index in [-0.39, 0.29) is 5.82 Å². The molecule has 1 aliphatic carbocycles. The predicted molar refractivity (Wildman–Crippen MR) is 61.0 cm³/mol. The molecule has 0 amide bonds. The summed E-state index contributed by atoms with van der Waals surface area (Å²) < 4.78 is 13.1. The summed E-state index contributed by atoms with van der Waals surface area (Å²) in [6, 6.07) is 4.78. The van der Waals surface area contributed by atoms with Crippen LogP contribution < -0.4 is 0 Å². The van der Waals surface area contributed by atoms with Crippen LogP contribution in [0.1, 0.15) is 30.4 Å². The van der Waals surface area contributed by atoms with Crippen molar-refractivity contribution in [3.63, 3.8) is 0 Å². The number of hydrogen-bond acceptors (Lipinski definition) is 1. The molecule has 1 N–H and O–H groups in total. The van der Waals surface area contributed by atoms with Gasteiger partial charge in [0.2, 0.25) is 0 Å². The molecular weight excluding hydrogens is 203 g/mol. The van der Waals surface area contributed by atoms with Gasteiger partial charge in [-0.25, -0.2) is 4.39 Å². The maximum atomic E-state index is 13.1. The largest absolute Gasteiger partial charge is 0.352 e. The molecule has 1 heterocycles. The van der Waals surface area contributed by atoms with Crippen molar-refractivity contribution in [1.29, 1.82) is 5.41 Å². The average molecular weight is 218 g/mol. The van der Waals surface area contributed by atoms with E-state index in [9.17, 15) is 4.39 Å². The quantitative estimate of drug-likeness (QED) is 0.812. The third kappa shape index (κ3) is 1.51. The summed E-state index contributed by atoms with van der Waals surface area (Å²) in [4.78, 5) is 2.08. The van der Waals surface area contributed by atoms with Crippen LogP contribution in [-0.4, -0.2) is 17.3 Å². The predicted octanol–water partition coefficient (Wildman–Crippen LogP) is 2.77. The zero-order chi connectivity index (χ0) is 11.1. The maximum Gasteiger partial charge on any atom is 0.128 e. The van der Waals surface area contributed by atoms with Crippen LogP contribution >= 0.6 is 0 Å². The van der Waals surface area contributed by atoms with Gasteiger partial charge in [-0.15, -0.1) is 0 Å². The van der Waals surface area contributed by atoms with Crippen LogP contribution in [0.4, 0.5) is 4.39 Å². The minimum absolute atomic E-state index is 0.242. The molecular formula is C13H15FN2. The Hall–Kier alpha value is -1.38. The number of benzene rings is 1. The van der Waals surface area contributed by atoms with Gasteiger partial charge in [0.1, 0.15) is 11.7 Å². The van der Waals surface area contributed by atoms with Crippen LogP contribution in [0, 0.1) is 17.1 Å². The van der Waals surface area contributed by atoms with Crippen LogP contribution in [0.3, 0.4) is 0 Å². The van der Waals surface area contributed by atoms with E-state index in [1.54, 1.807) is 6.07 Å². The second-order valence-electron chi connectivity index (χ2n) is 4.83. The Morgan fingerprint density at radius 2 is 2.19 bits per heavy atom. The molecule has 0 saturated heterocycles. The highest BCUT2D eigenvalue weighted by molar-refractivity contribution is 6.00. The Morgan fingerprint density at radius 3 is 2.88 bits per heavy atom. The van der Waals surface area contributed by atoms with Crippen molar-refractivity contribution in [3.8, 4) is 0 Å². The summed E-state index contributed by atoms with van der Waals surface area (Å²) in [7, 11) is 0. The van der Waals surface area contributed by atoms with E-state index >= 15 is 0 Å². The molecule has 1 aliphatic heterocycles. The number of nitrogens with one attached hydrogen (secondary N) is 1. The fraction of sp³-hybridized carbons (Fsp3) is 0.462. The zero-order valence-electron chi connectivity index (χ0n) is 9.17. The summed E-state index contributed by atoms with van der Waals surface area (Å²) in [5.41, 5.74) is 1.87. The third-order valence-electron chi connectivity index (χ3n) is 3.71. The summed E-state index contributed by atoms with van der Waals surface area (Å²) in [6.45, 7) is 1.75. The molecule has 2 nitrogen and oxygen atoms in total. The van der Waals surface area contributed by atoms with E-state index in [1.807, 2.05) is 0 Å². The highest BCUT2D eigenvalue weighted by Gasteiger charge is 2.28. The van der Waals surface area contributed by atoms with Gasteiger partial charge in [0.15, 0.2) is 0 Å². The molecule has 0 aromatic heterocycles. The standard InChI is InChI=1S/C13H15FN2/c14-11-5-4-10-8-16(7-9-2-1-3-9)13(15)12(10)6-11/h4-6,9,15H,1-3,7-8H2. The Kier molecular flexibility index (Phi) is 2.20. The van der Waals surface area contributed by atoms with Crippen molar-refractivity contribution >= 4 is 5.84 Å². The van der Waals surface area contributed by atoms with Crippen LogP contribution in [0.25, 0.3) is 0 Å². The van der Waals surface area contributed by atoms with Crippen LogP contribution in [-0.2, 0) is 6.54 Å². The van der Waals surface area contributed by atoms with Gasteiger partial charge in [0, 0.05) is 18.7 Å². The average Bonchev–Trinajstić information content (AvgIpc) is 2.50. The second-order valence-corrected chi connectivity index (χ2v) is 4.83. The summed E-state index contributed by atoms with van der Waals surface area (Å²) in [6.07, 6.45) is 3.90. The number of hydrogen-bond donors (Lipinski definition) is 1. The van der Waals surface area contributed by atoms with E-state index < -0.39 is 0 Å². The molecule has 0 spiro atoms. The second kappa shape index (κ2) is 3.58. The highest BCUT2D eigenvalue weighted by Crippen LogP contribution is 2.31. The van der Waals surface area contributed by atoms with E-state index in [0.717, 1.165) is 30.1 Å². The van der Waals surface area contributed by atoms with E-state index in [4.69, 9.17) is 5.41 Å². The van der Waals surface area contributed by atoms with Crippen molar-refractivity contribution < 1.29 is 4.39 Å². The smallest absolute Gasteiger partial charge is 0.128 e. The molecule has 1 aromatic rings. The van der Waals surface area contributed by atoms with Gasteiger partial charge in [-0.2, -0.15) is 0 Å². The zero-order valence-corrected chi connectivity index (χ0v) is 9.17.